The topological polar surface area (TPSA) is 65.0 Å². The van der Waals surface area contributed by atoms with Gasteiger partial charge in [0.2, 0.25) is 11.8 Å². The summed E-state index contributed by atoms with van der Waals surface area (Å²) < 4.78 is 10.2. The average Bonchev–Trinajstić information content (AvgIpc) is 2.37. The van der Waals surface area contributed by atoms with Crippen LogP contribution in [0.2, 0.25) is 0 Å². The maximum atomic E-state index is 11.6. The van der Waals surface area contributed by atoms with Crippen molar-refractivity contribution < 1.29 is 19.1 Å². The Balaban J connectivity index is 2.47. The molecule has 1 amide bonds. The number of benzene rings is 1. The zero-order valence-corrected chi connectivity index (χ0v) is 11.1. The van der Waals surface area contributed by atoms with Crippen molar-refractivity contribution in [3.8, 4) is 0 Å². The van der Waals surface area contributed by atoms with Gasteiger partial charge in [0, 0.05) is 6.92 Å². The van der Waals surface area contributed by atoms with Crippen molar-refractivity contribution in [1.82, 2.24) is 0 Å². The lowest BCUT2D eigenvalue weighted by molar-refractivity contribution is -0.143. The van der Waals surface area contributed by atoms with Gasteiger partial charge in [-0.1, -0.05) is 30.3 Å². The molecule has 0 aliphatic rings. The molecular formula is C14H17NO4. The summed E-state index contributed by atoms with van der Waals surface area (Å²) in [6.45, 7) is 3.59. The lowest BCUT2D eigenvalue weighted by Crippen LogP contribution is -2.15. The first-order chi connectivity index (χ1) is 9.11. The van der Waals surface area contributed by atoms with Crippen LogP contribution in [0, 0.1) is 0 Å². The van der Waals surface area contributed by atoms with E-state index in [0.29, 0.717) is 6.61 Å². The quantitative estimate of drug-likeness (QED) is 0.463. The highest BCUT2D eigenvalue weighted by atomic mass is 16.5. The van der Waals surface area contributed by atoms with E-state index in [1.165, 1.54) is 6.92 Å². The largest absolute Gasteiger partial charge is 0.481 e. The van der Waals surface area contributed by atoms with Crippen LogP contribution in [0.25, 0.3) is 0 Å². The van der Waals surface area contributed by atoms with E-state index in [-0.39, 0.29) is 18.9 Å². The number of nitrogens with zero attached hydrogens (tertiary/aromatic N) is 1. The predicted molar refractivity (Wildman–Crippen MR) is 70.6 cm³/mol. The highest BCUT2D eigenvalue weighted by Crippen LogP contribution is 2.03. The van der Waals surface area contributed by atoms with E-state index >= 15 is 0 Å². The number of amides is 1. The third-order valence-electron chi connectivity index (χ3n) is 2.13. The molecule has 0 unspecified atom stereocenters. The molecule has 102 valence electrons. The van der Waals surface area contributed by atoms with E-state index in [2.05, 4.69) is 4.99 Å². The zero-order valence-electron chi connectivity index (χ0n) is 11.1. The third-order valence-corrected chi connectivity index (χ3v) is 2.13. The van der Waals surface area contributed by atoms with Crippen molar-refractivity contribution in [2.45, 2.75) is 26.9 Å². The van der Waals surface area contributed by atoms with Gasteiger partial charge in [-0.25, -0.2) is 0 Å². The third kappa shape index (κ3) is 6.35. The highest BCUT2D eigenvalue weighted by Gasteiger charge is 2.11. The molecule has 1 aromatic carbocycles. The second-order valence-corrected chi connectivity index (χ2v) is 3.78. The Morgan fingerprint density at radius 3 is 2.42 bits per heavy atom. The van der Waals surface area contributed by atoms with Gasteiger partial charge in [-0.15, -0.1) is 0 Å². The second kappa shape index (κ2) is 8.02. The first kappa shape index (κ1) is 14.9. The standard InChI is InChI=1S/C14H17NO4/c1-3-18-13(15-11(2)16)9-14(17)19-10-12-7-5-4-6-8-12/h4-8H,3,9-10H2,1-2H3. The summed E-state index contributed by atoms with van der Waals surface area (Å²) in [5.41, 5.74) is 0.900. The van der Waals surface area contributed by atoms with Crippen molar-refractivity contribution in [3.05, 3.63) is 35.9 Å². The number of ether oxygens (including phenoxy) is 2. The second-order valence-electron chi connectivity index (χ2n) is 3.78. The van der Waals surface area contributed by atoms with Crippen LogP contribution < -0.4 is 0 Å². The average molecular weight is 263 g/mol. The molecule has 0 aromatic heterocycles. The first-order valence-corrected chi connectivity index (χ1v) is 6.02. The van der Waals surface area contributed by atoms with E-state index < -0.39 is 11.9 Å². The number of hydrogen-bond acceptors (Lipinski definition) is 4. The SMILES string of the molecule is CCOC(CC(=O)OCc1ccccc1)=NC(C)=O. The van der Waals surface area contributed by atoms with Gasteiger partial charge < -0.3 is 9.47 Å². The van der Waals surface area contributed by atoms with Crippen LogP contribution in [0.3, 0.4) is 0 Å². The summed E-state index contributed by atoms with van der Waals surface area (Å²) in [7, 11) is 0. The number of hydrogen-bond donors (Lipinski definition) is 0. The molecule has 0 fully saturated rings. The molecule has 0 heterocycles. The Morgan fingerprint density at radius 2 is 1.84 bits per heavy atom. The van der Waals surface area contributed by atoms with E-state index in [1.807, 2.05) is 30.3 Å². The number of esters is 1. The molecule has 0 bridgehead atoms. The van der Waals surface area contributed by atoms with E-state index in [1.54, 1.807) is 6.92 Å². The summed E-state index contributed by atoms with van der Waals surface area (Å²) in [4.78, 5) is 26.1. The van der Waals surface area contributed by atoms with Crippen LogP contribution in [-0.4, -0.2) is 24.4 Å². The van der Waals surface area contributed by atoms with Crippen LogP contribution in [-0.2, 0) is 25.7 Å². The van der Waals surface area contributed by atoms with Gasteiger partial charge in [-0.2, -0.15) is 4.99 Å². The fraction of sp³-hybridized carbons (Fsp3) is 0.357. The van der Waals surface area contributed by atoms with Crippen molar-refractivity contribution in [2.24, 2.45) is 4.99 Å². The Labute approximate surface area is 112 Å². The van der Waals surface area contributed by atoms with Gasteiger partial charge in [-0.05, 0) is 12.5 Å². The van der Waals surface area contributed by atoms with Crippen LogP contribution in [0.4, 0.5) is 0 Å². The molecule has 5 heteroatoms. The zero-order chi connectivity index (χ0) is 14.1. The fourth-order valence-corrected chi connectivity index (χ4v) is 1.38. The normalized spacial score (nSPS) is 10.9. The molecular weight excluding hydrogens is 246 g/mol. The summed E-state index contributed by atoms with van der Waals surface area (Å²) in [6.07, 6.45) is -0.139. The molecule has 0 saturated heterocycles. The van der Waals surface area contributed by atoms with Gasteiger partial charge >= 0.3 is 5.97 Å². The molecule has 5 nitrogen and oxygen atoms in total. The van der Waals surface area contributed by atoms with Crippen LogP contribution >= 0.6 is 0 Å². The summed E-state index contributed by atoms with van der Waals surface area (Å²) >= 11 is 0. The lowest BCUT2D eigenvalue weighted by Gasteiger charge is -2.07. The van der Waals surface area contributed by atoms with E-state index in [4.69, 9.17) is 9.47 Å². The molecule has 0 radical (unpaired) electrons. The molecule has 0 spiro atoms. The van der Waals surface area contributed by atoms with Crippen molar-refractivity contribution in [2.75, 3.05) is 6.61 Å². The van der Waals surface area contributed by atoms with Gasteiger partial charge in [0.25, 0.3) is 0 Å². The lowest BCUT2D eigenvalue weighted by atomic mass is 10.2. The Bertz CT molecular complexity index is 454. The minimum absolute atomic E-state index is 0.0908. The Morgan fingerprint density at radius 1 is 1.16 bits per heavy atom. The smallest absolute Gasteiger partial charge is 0.315 e. The molecule has 0 atom stereocenters. The summed E-state index contributed by atoms with van der Waals surface area (Å²) in [6, 6.07) is 9.34. The maximum Gasteiger partial charge on any atom is 0.315 e. The highest BCUT2D eigenvalue weighted by molar-refractivity contribution is 5.99. The van der Waals surface area contributed by atoms with Crippen LogP contribution in [0.5, 0.6) is 0 Å². The van der Waals surface area contributed by atoms with Gasteiger partial charge in [0.1, 0.15) is 13.0 Å². The monoisotopic (exact) mass is 263 g/mol. The predicted octanol–water partition coefficient (Wildman–Crippen LogP) is 2.10. The van der Waals surface area contributed by atoms with Crippen LogP contribution in [0.1, 0.15) is 25.8 Å². The van der Waals surface area contributed by atoms with Gasteiger partial charge in [0.05, 0.1) is 6.61 Å². The molecule has 0 aliphatic carbocycles. The van der Waals surface area contributed by atoms with Gasteiger partial charge in [-0.3, -0.25) is 9.59 Å². The van der Waals surface area contributed by atoms with Crippen molar-refractivity contribution >= 4 is 17.8 Å². The summed E-state index contributed by atoms with van der Waals surface area (Å²) in [5, 5.41) is 0. The number of carbonyl (C=O) groups is 2. The van der Waals surface area contributed by atoms with E-state index in [0.717, 1.165) is 5.56 Å². The first-order valence-electron chi connectivity index (χ1n) is 6.02. The minimum atomic E-state index is -0.475. The molecule has 19 heavy (non-hydrogen) atoms. The summed E-state index contributed by atoms with van der Waals surface area (Å²) in [5.74, 6) is -0.787. The molecule has 0 N–H and O–H groups in total. The van der Waals surface area contributed by atoms with Crippen molar-refractivity contribution in [3.63, 3.8) is 0 Å². The van der Waals surface area contributed by atoms with Crippen LogP contribution in [0.15, 0.2) is 35.3 Å². The minimum Gasteiger partial charge on any atom is -0.481 e. The maximum absolute atomic E-state index is 11.6. The van der Waals surface area contributed by atoms with E-state index in [9.17, 15) is 9.59 Å². The molecule has 1 rings (SSSR count). The number of carbonyl (C=O) groups excluding carboxylic acids is 2. The van der Waals surface area contributed by atoms with Crippen molar-refractivity contribution in [1.29, 1.82) is 0 Å². The molecule has 1 aromatic rings. The Hall–Kier alpha value is -2.17. The fourth-order valence-electron chi connectivity index (χ4n) is 1.38. The number of aliphatic imine (C=N–C) groups is 1. The molecule has 0 aliphatic heterocycles. The Kier molecular flexibility index (Phi) is 6.29. The molecule has 0 saturated carbocycles. The number of rotatable bonds is 5. The van der Waals surface area contributed by atoms with Gasteiger partial charge in [0.15, 0.2) is 0 Å².